The highest BCUT2D eigenvalue weighted by Gasteiger charge is 2.41. The fourth-order valence-electron chi connectivity index (χ4n) is 3.90. The minimum Gasteiger partial charge on any atom is -0.359 e. The Balaban J connectivity index is 1.65. The van der Waals surface area contributed by atoms with Crippen LogP contribution in [-0.4, -0.2) is 35.7 Å². The summed E-state index contributed by atoms with van der Waals surface area (Å²) < 4.78 is 5.41. The van der Waals surface area contributed by atoms with Crippen molar-refractivity contribution in [1.29, 1.82) is 0 Å². The molecular weight excluding hydrogens is 288 g/mol. The van der Waals surface area contributed by atoms with Crippen LogP contribution in [0.15, 0.2) is 15.6 Å². The number of nitrogens with one attached hydrogen (secondary N) is 1. The second kappa shape index (κ2) is 6.93. The molecule has 2 aliphatic rings. The first-order valence-electron chi connectivity index (χ1n) is 9.11. The molecule has 5 nitrogen and oxygen atoms in total. The van der Waals surface area contributed by atoms with Crippen molar-refractivity contribution in [2.24, 2.45) is 10.4 Å². The Labute approximate surface area is 139 Å². The summed E-state index contributed by atoms with van der Waals surface area (Å²) in [7, 11) is 0. The first kappa shape index (κ1) is 16.3. The molecule has 1 aromatic heterocycles. The summed E-state index contributed by atoms with van der Waals surface area (Å²) >= 11 is 0. The van der Waals surface area contributed by atoms with Crippen molar-refractivity contribution < 1.29 is 4.52 Å². The van der Waals surface area contributed by atoms with Gasteiger partial charge < -0.3 is 14.7 Å². The number of likely N-dealkylation sites (tertiary alicyclic amines) is 1. The summed E-state index contributed by atoms with van der Waals surface area (Å²) in [5.41, 5.74) is 1.57. The Hall–Kier alpha value is -1.52. The van der Waals surface area contributed by atoms with E-state index in [0.717, 1.165) is 37.0 Å². The van der Waals surface area contributed by atoms with Gasteiger partial charge in [0.2, 0.25) is 0 Å². The summed E-state index contributed by atoms with van der Waals surface area (Å²) in [6.07, 6.45) is 6.90. The van der Waals surface area contributed by atoms with Crippen molar-refractivity contribution in [2.75, 3.05) is 19.6 Å². The minimum atomic E-state index is 0.394. The minimum absolute atomic E-state index is 0.394. The summed E-state index contributed by atoms with van der Waals surface area (Å²) in [4.78, 5) is 7.23. The van der Waals surface area contributed by atoms with Crippen LogP contribution in [0.3, 0.4) is 0 Å². The normalized spacial score (nSPS) is 20.9. The quantitative estimate of drug-likeness (QED) is 0.681. The monoisotopic (exact) mass is 318 g/mol. The van der Waals surface area contributed by atoms with Gasteiger partial charge in [0.05, 0.1) is 5.69 Å². The highest BCUT2D eigenvalue weighted by molar-refractivity contribution is 5.80. The van der Waals surface area contributed by atoms with E-state index < -0.39 is 0 Å². The van der Waals surface area contributed by atoms with E-state index in [9.17, 15) is 0 Å². The lowest BCUT2D eigenvalue weighted by molar-refractivity contribution is 0.309. The second-order valence-corrected chi connectivity index (χ2v) is 7.42. The van der Waals surface area contributed by atoms with Crippen LogP contribution in [0.1, 0.15) is 70.2 Å². The standard InChI is InChI=1S/C18H30N4O/c1-4-19-17(20-12-15-11-16(14(2)3)21-23-15)22-10-9-18(13-22)7-5-6-8-18/h11,14H,4-10,12-13H2,1-3H3,(H,19,20). The predicted molar refractivity (Wildman–Crippen MR) is 92.5 cm³/mol. The van der Waals surface area contributed by atoms with Crippen molar-refractivity contribution in [2.45, 2.75) is 65.3 Å². The molecule has 23 heavy (non-hydrogen) atoms. The van der Waals surface area contributed by atoms with Gasteiger partial charge in [-0.2, -0.15) is 0 Å². The summed E-state index contributed by atoms with van der Waals surface area (Å²) in [6.45, 7) is 10.1. The van der Waals surface area contributed by atoms with E-state index in [1.54, 1.807) is 0 Å². The lowest BCUT2D eigenvalue weighted by Crippen LogP contribution is -2.41. The van der Waals surface area contributed by atoms with Crippen LogP contribution in [0.25, 0.3) is 0 Å². The zero-order valence-corrected chi connectivity index (χ0v) is 14.8. The molecule has 3 rings (SSSR count). The summed E-state index contributed by atoms with van der Waals surface area (Å²) in [6, 6.07) is 2.03. The van der Waals surface area contributed by atoms with Crippen LogP contribution in [0.2, 0.25) is 0 Å². The largest absolute Gasteiger partial charge is 0.359 e. The van der Waals surface area contributed by atoms with Crippen molar-refractivity contribution in [3.8, 4) is 0 Å². The van der Waals surface area contributed by atoms with Gasteiger partial charge in [0.1, 0.15) is 6.54 Å². The van der Waals surface area contributed by atoms with Gasteiger partial charge in [-0.25, -0.2) is 4.99 Å². The molecule has 1 saturated heterocycles. The van der Waals surface area contributed by atoms with E-state index in [4.69, 9.17) is 9.52 Å². The Bertz CT molecular complexity index is 543. The van der Waals surface area contributed by atoms with Crippen LogP contribution in [0.5, 0.6) is 0 Å². The van der Waals surface area contributed by atoms with Crippen molar-refractivity contribution in [1.82, 2.24) is 15.4 Å². The van der Waals surface area contributed by atoms with E-state index in [1.165, 1.54) is 32.1 Å². The van der Waals surface area contributed by atoms with Gasteiger partial charge in [-0.1, -0.05) is 31.8 Å². The molecular formula is C18H30N4O. The lowest BCUT2D eigenvalue weighted by atomic mass is 9.86. The smallest absolute Gasteiger partial charge is 0.194 e. The van der Waals surface area contributed by atoms with Crippen LogP contribution in [0, 0.1) is 5.41 Å². The van der Waals surface area contributed by atoms with E-state index >= 15 is 0 Å². The second-order valence-electron chi connectivity index (χ2n) is 7.42. The Morgan fingerprint density at radius 3 is 2.83 bits per heavy atom. The van der Waals surface area contributed by atoms with Gasteiger partial charge in [-0.15, -0.1) is 0 Å². The molecule has 1 saturated carbocycles. The fourth-order valence-corrected chi connectivity index (χ4v) is 3.90. The molecule has 0 unspecified atom stereocenters. The molecule has 0 aromatic carbocycles. The molecule has 2 heterocycles. The van der Waals surface area contributed by atoms with Crippen molar-refractivity contribution >= 4 is 5.96 Å². The number of aromatic nitrogens is 1. The number of aliphatic imine (C=N–C) groups is 1. The first-order chi connectivity index (χ1) is 11.1. The highest BCUT2D eigenvalue weighted by atomic mass is 16.5. The fraction of sp³-hybridized carbons (Fsp3) is 0.778. The summed E-state index contributed by atoms with van der Waals surface area (Å²) in [5.74, 6) is 2.27. The van der Waals surface area contributed by atoms with Crippen molar-refractivity contribution in [3.05, 3.63) is 17.5 Å². The van der Waals surface area contributed by atoms with Crippen LogP contribution >= 0.6 is 0 Å². The molecule has 128 valence electrons. The average molecular weight is 318 g/mol. The maximum Gasteiger partial charge on any atom is 0.194 e. The van der Waals surface area contributed by atoms with Gasteiger partial charge in [-0.05, 0) is 37.5 Å². The lowest BCUT2D eigenvalue weighted by Gasteiger charge is -2.25. The molecule has 5 heteroatoms. The molecule has 1 aliphatic carbocycles. The summed E-state index contributed by atoms with van der Waals surface area (Å²) in [5, 5.41) is 7.56. The Kier molecular flexibility index (Phi) is 4.93. The molecule has 1 N–H and O–H groups in total. The Morgan fingerprint density at radius 1 is 1.39 bits per heavy atom. The van der Waals surface area contributed by atoms with E-state index in [0.29, 0.717) is 17.9 Å². The zero-order chi connectivity index (χ0) is 16.3. The maximum absolute atomic E-state index is 5.41. The van der Waals surface area contributed by atoms with E-state index in [2.05, 4.69) is 36.1 Å². The highest BCUT2D eigenvalue weighted by Crippen LogP contribution is 2.45. The predicted octanol–water partition coefficient (Wildman–Crippen LogP) is 3.53. The molecule has 1 aliphatic heterocycles. The number of hydrogen-bond acceptors (Lipinski definition) is 3. The average Bonchev–Trinajstić information content (AvgIpc) is 3.26. The van der Waals surface area contributed by atoms with Crippen LogP contribution in [0.4, 0.5) is 0 Å². The number of guanidine groups is 1. The third-order valence-corrected chi connectivity index (χ3v) is 5.29. The molecule has 0 bridgehead atoms. The number of hydrogen-bond donors (Lipinski definition) is 1. The number of rotatable bonds is 4. The van der Waals surface area contributed by atoms with Crippen LogP contribution < -0.4 is 5.32 Å². The molecule has 1 aromatic rings. The molecule has 1 spiro atoms. The topological polar surface area (TPSA) is 53.7 Å². The molecule has 2 fully saturated rings. The van der Waals surface area contributed by atoms with Gasteiger partial charge in [0, 0.05) is 25.7 Å². The molecule has 0 radical (unpaired) electrons. The number of nitrogens with zero attached hydrogens (tertiary/aromatic N) is 3. The van der Waals surface area contributed by atoms with Gasteiger partial charge in [0.25, 0.3) is 0 Å². The molecule has 0 amide bonds. The van der Waals surface area contributed by atoms with Gasteiger partial charge in [0.15, 0.2) is 11.7 Å². The first-order valence-corrected chi connectivity index (χ1v) is 9.11. The maximum atomic E-state index is 5.41. The van der Waals surface area contributed by atoms with E-state index in [-0.39, 0.29) is 0 Å². The third kappa shape index (κ3) is 3.70. The third-order valence-electron chi connectivity index (χ3n) is 5.29. The van der Waals surface area contributed by atoms with Crippen molar-refractivity contribution in [3.63, 3.8) is 0 Å². The Morgan fingerprint density at radius 2 is 2.17 bits per heavy atom. The zero-order valence-electron chi connectivity index (χ0n) is 14.8. The van der Waals surface area contributed by atoms with Gasteiger partial charge >= 0.3 is 0 Å². The van der Waals surface area contributed by atoms with Gasteiger partial charge in [-0.3, -0.25) is 0 Å². The SMILES string of the molecule is CCNC(=NCc1cc(C(C)C)no1)N1CCC2(CCCC2)C1. The molecule has 0 atom stereocenters. The van der Waals surface area contributed by atoms with E-state index in [1.807, 2.05) is 6.07 Å². The van der Waals surface area contributed by atoms with Crippen LogP contribution in [-0.2, 0) is 6.54 Å².